The van der Waals surface area contributed by atoms with Crippen molar-refractivity contribution in [1.29, 1.82) is 0 Å². The summed E-state index contributed by atoms with van der Waals surface area (Å²) in [7, 11) is 5.35. The number of carbonyl (C=O) groups excluding carboxylic acids is 16. The van der Waals surface area contributed by atoms with E-state index in [1.54, 1.807) is 85.2 Å². The lowest BCUT2D eigenvalue weighted by Gasteiger charge is -2.36. The normalized spacial score (nSPS) is 25.0. The first-order valence-electron chi connectivity index (χ1n) is 44.2. The molecule has 0 radical (unpaired) electrons. The number of carboxylic acid groups (broad SMARTS) is 2. The molecule has 15 atom stereocenters. The van der Waals surface area contributed by atoms with Gasteiger partial charge in [-0.25, -0.2) is 0 Å². The summed E-state index contributed by atoms with van der Waals surface area (Å²) < 4.78 is 5.32. The summed E-state index contributed by atoms with van der Waals surface area (Å²) in [6, 6.07) is -1.81. The molecular formula is C88H125N21O22S. The molecule has 5 aromatic rings. The van der Waals surface area contributed by atoms with E-state index in [9.17, 15) is 68.1 Å². The third-order valence-corrected chi connectivity index (χ3v) is 24.7. The monoisotopic (exact) mass is 1860 g/mol. The molecule has 132 heavy (non-hydrogen) atoms. The van der Waals surface area contributed by atoms with Crippen LogP contribution in [0.3, 0.4) is 0 Å². The van der Waals surface area contributed by atoms with Crippen molar-refractivity contribution in [3.8, 4) is 5.75 Å². The van der Waals surface area contributed by atoms with Gasteiger partial charge in [0.15, 0.2) is 0 Å². The molecule has 0 saturated carbocycles. The molecule has 0 unspecified atom stereocenters. The van der Waals surface area contributed by atoms with E-state index >= 15 is 33.6 Å². The van der Waals surface area contributed by atoms with Crippen LogP contribution in [0.25, 0.3) is 21.8 Å². The number of nitrogens with two attached hydrogens (primary N) is 4. The molecule has 5 heterocycles. The number of unbranched alkanes of at least 4 members (excludes halogenated alkanes) is 2. The van der Waals surface area contributed by atoms with Crippen LogP contribution < -0.4 is 80.8 Å². The minimum absolute atomic E-state index is 0.00137. The van der Waals surface area contributed by atoms with E-state index < -0.39 is 254 Å². The Hall–Kier alpha value is -12.8. The van der Waals surface area contributed by atoms with Crippen molar-refractivity contribution in [3.05, 3.63) is 102 Å². The Kier molecular flexibility index (Phi) is 40.0. The maximum absolute atomic E-state index is 15.8. The number of likely N-dealkylation sites (N-methyl/N-ethyl adjacent to an activating group) is 3. The van der Waals surface area contributed by atoms with E-state index in [2.05, 4.69) is 63.1 Å². The van der Waals surface area contributed by atoms with Crippen LogP contribution in [0.1, 0.15) is 134 Å². The summed E-state index contributed by atoms with van der Waals surface area (Å²) in [6.07, 6.45) is -0.540. The Bertz CT molecular complexity index is 4940. The number of aromatic nitrogens is 2. The van der Waals surface area contributed by atoms with Crippen LogP contribution >= 0.6 is 11.8 Å². The molecule has 0 spiro atoms. The largest absolute Gasteiger partial charge is 0.497 e. The van der Waals surface area contributed by atoms with Crippen LogP contribution in [0.4, 0.5) is 0 Å². The Labute approximate surface area is 767 Å². The average Bonchev–Trinajstić information content (AvgIpc) is 1.51. The lowest BCUT2D eigenvalue weighted by Crippen LogP contribution is -2.61. The second-order valence-electron chi connectivity index (χ2n) is 33.2. The van der Waals surface area contributed by atoms with Gasteiger partial charge in [-0.1, -0.05) is 88.1 Å². The Morgan fingerprint density at radius 3 is 1.64 bits per heavy atom. The number of hydrogen-bond acceptors (Lipinski definition) is 24. The van der Waals surface area contributed by atoms with Gasteiger partial charge in [0.05, 0.1) is 31.9 Å². The van der Waals surface area contributed by atoms with Crippen LogP contribution in [0.15, 0.2) is 85.2 Å². The summed E-state index contributed by atoms with van der Waals surface area (Å²) in [4.78, 5) is 272. The van der Waals surface area contributed by atoms with Crippen LogP contribution in [-0.2, 0) is 106 Å². The highest BCUT2D eigenvalue weighted by molar-refractivity contribution is 8.00. The van der Waals surface area contributed by atoms with Gasteiger partial charge in [0, 0.05) is 113 Å². The van der Waals surface area contributed by atoms with Crippen molar-refractivity contribution in [2.45, 2.75) is 227 Å². The van der Waals surface area contributed by atoms with Crippen LogP contribution in [0, 0.1) is 0 Å². The molecule has 8 rings (SSSR count). The standard InChI is InChI=1S/C88H125N21O22S/c1-8-10-23-67-81(123)98-58(22-16-33-89)77(119)104-66(76(118)95-44-71(92)111)46-132-47-72(112)96-62(36-49-26-28-53(131-7)29-27-49)84(126)105(4)48(3)75(117)101-64(40-74(115)116)87(129)108-35-17-25-68(108)82(124)103-65(41-91)80(122)99-60(30-31-73(113)114)86(128)109-45-52(110)39-70(109)83(125)100-61(37-50-42-93-56-20-14-12-18-54(50)56)79(121)97-59(32-34-90)78(120)102-63(38-51-43-94-57-21-15-13-19-55(51)57)85(127)107(6)69(24-11-9-2)88(130)106(67)5/h12-15,18-21,26-29,42-43,48,52,58-70,93-94,110H,8-11,16-17,22-25,30-41,44-47,89-91H2,1-7H3,(H2,92,111)(H,95,118)(H,96,112)(H,97,121)(H,98,123)(H,99,122)(H,100,125)(H,101,117)(H,102,120)(H,103,124)(H,104,119)(H,113,114)(H,115,116)/t48-,52+,58-,59-,60-,61-,62-,63-,64+,65-,66-,67-,68-,69-,70-/m0/s1. The third kappa shape index (κ3) is 28.8. The molecule has 23 N–H and O–H groups in total. The van der Waals surface area contributed by atoms with Crippen molar-refractivity contribution in [1.82, 2.24) is 87.6 Å². The first kappa shape index (κ1) is 105. The number of aliphatic hydroxyl groups excluding tert-OH is 1. The molecule has 43 nitrogen and oxygen atoms in total. The van der Waals surface area contributed by atoms with Crippen molar-refractivity contribution in [2.75, 3.05) is 79.0 Å². The van der Waals surface area contributed by atoms with Gasteiger partial charge < -0.3 is 131 Å². The van der Waals surface area contributed by atoms with E-state index in [4.69, 9.17) is 27.7 Å². The summed E-state index contributed by atoms with van der Waals surface area (Å²) in [5.74, 6) is -19.0. The molecule has 3 aliphatic heterocycles. The number of rotatable bonds is 27. The number of hydrogen-bond donors (Lipinski definition) is 19. The maximum atomic E-state index is 15.8. The van der Waals surface area contributed by atoms with Crippen molar-refractivity contribution in [2.24, 2.45) is 22.9 Å². The highest BCUT2D eigenvalue weighted by Gasteiger charge is 2.47. The molecule has 3 fully saturated rings. The number of methoxy groups -OCH3 is 1. The number of benzene rings is 3. The van der Waals surface area contributed by atoms with Gasteiger partial charge in [-0.05, 0) is 112 Å². The molecule has 3 aliphatic rings. The molecular weight excluding hydrogens is 1740 g/mol. The number of para-hydroxylation sites is 2. The van der Waals surface area contributed by atoms with E-state index in [-0.39, 0.29) is 83.8 Å². The molecule has 2 aromatic heterocycles. The first-order valence-corrected chi connectivity index (χ1v) is 45.3. The highest BCUT2D eigenvalue weighted by Crippen LogP contribution is 2.28. The number of fused-ring (bicyclic) bond motifs is 4. The van der Waals surface area contributed by atoms with Gasteiger partial charge in [0.1, 0.15) is 90.3 Å². The number of aliphatic carboxylic acids is 2. The second kappa shape index (κ2) is 50.6. The van der Waals surface area contributed by atoms with Crippen LogP contribution in [0.2, 0.25) is 0 Å². The number of ether oxygens (including phenoxy) is 1. The predicted molar refractivity (Wildman–Crippen MR) is 483 cm³/mol. The topological polar surface area (TPSA) is 649 Å². The van der Waals surface area contributed by atoms with Crippen molar-refractivity contribution < 1.29 is 106 Å². The summed E-state index contributed by atoms with van der Waals surface area (Å²) in [6.45, 7) is 2.49. The van der Waals surface area contributed by atoms with Gasteiger partial charge in [-0.3, -0.25) is 86.3 Å². The zero-order valence-corrected chi connectivity index (χ0v) is 76.0. The van der Waals surface area contributed by atoms with E-state index in [0.717, 1.165) is 26.5 Å². The maximum Gasteiger partial charge on any atom is 0.305 e. The van der Waals surface area contributed by atoms with Crippen molar-refractivity contribution in [3.63, 3.8) is 0 Å². The Balaban J connectivity index is 1.19. The molecule has 0 bridgehead atoms. The fourth-order valence-corrected chi connectivity index (χ4v) is 17.0. The first-order chi connectivity index (χ1) is 62.9. The number of nitrogens with one attached hydrogen (secondary N) is 12. The zero-order chi connectivity index (χ0) is 96.7. The Morgan fingerprint density at radius 1 is 0.515 bits per heavy atom. The molecule has 44 heteroatoms. The van der Waals surface area contributed by atoms with Crippen molar-refractivity contribution >= 4 is 140 Å². The quantitative estimate of drug-likeness (QED) is 0.0244. The molecule has 3 aromatic carbocycles. The van der Waals surface area contributed by atoms with E-state index in [1.807, 2.05) is 13.8 Å². The number of thioether (sulfide) groups is 1. The fourth-order valence-electron chi connectivity index (χ4n) is 16.2. The lowest BCUT2D eigenvalue weighted by molar-refractivity contribution is -0.149. The number of aromatic amines is 2. The zero-order valence-electron chi connectivity index (χ0n) is 75.2. The number of carboxylic acids is 2. The number of H-pyrrole nitrogens is 2. The molecule has 720 valence electrons. The van der Waals surface area contributed by atoms with Gasteiger partial charge in [0.2, 0.25) is 94.5 Å². The summed E-state index contributed by atoms with van der Waals surface area (Å²) >= 11 is 0.779. The molecule has 16 amide bonds. The minimum atomic E-state index is -1.92. The number of aliphatic hydroxyl groups is 1. The molecule has 3 saturated heterocycles. The number of amides is 16. The SMILES string of the molecule is CCCC[C@H]1C(=O)N(C)[C@@H](CCCC)C(=O)N[C@@H](CCCN)C(=O)N[C@H](C(=O)NCC(N)=O)CSCC(=O)N[C@@H](Cc2ccc(OC)cc2)C(=O)N(C)[C@@H](C)C(=O)N[C@H](CC(=O)O)C(=O)N2CCC[C@H]2C(=O)N[C@@H](CN)C(=O)N[C@@H](CCC(=O)O)C(=O)N2C[C@H](O)C[C@H]2C(=O)N[C@@H](Cc2c[nH]c3ccccc23)C(=O)N[C@@H](CCN)C(=O)N[C@@H](Cc2c[nH]c3ccccc23)C(=O)N1C. The second-order valence-corrected chi connectivity index (χ2v) is 34.2. The fraction of sp³-hybridized carbons (Fsp3) is 0.545. The lowest BCUT2D eigenvalue weighted by atomic mass is 9.99. The van der Waals surface area contributed by atoms with Gasteiger partial charge in [-0.15, -0.1) is 11.8 Å². The smallest absolute Gasteiger partial charge is 0.305 e. The number of carbonyl (C=O) groups is 18. The molecule has 0 aliphatic carbocycles. The van der Waals surface area contributed by atoms with Crippen LogP contribution in [0.5, 0.6) is 5.75 Å². The summed E-state index contributed by atoms with van der Waals surface area (Å²) in [5.41, 5.74) is 26.5. The average molecular weight is 1860 g/mol. The van der Waals surface area contributed by atoms with Gasteiger partial charge in [0.25, 0.3) is 0 Å². The van der Waals surface area contributed by atoms with Gasteiger partial charge >= 0.3 is 11.9 Å². The number of primary amides is 1. The predicted octanol–water partition coefficient (Wildman–Crippen LogP) is -3.38. The third-order valence-electron chi connectivity index (χ3n) is 23.7. The van der Waals surface area contributed by atoms with Crippen LogP contribution in [-0.4, -0.2) is 326 Å². The van der Waals surface area contributed by atoms with Gasteiger partial charge in [-0.2, -0.15) is 0 Å². The minimum Gasteiger partial charge on any atom is -0.497 e. The highest BCUT2D eigenvalue weighted by atomic mass is 32.2. The number of nitrogens with zero attached hydrogens (tertiary/aromatic N) is 5. The van der Waals surface area contributed by atoms with E-state index in [0.29, 0.717) is 69.9 Å². The summed E-state index contributed by atoms with van der Waals surface area (Å²) in [5, 5.41) is 58.8. The van der Waals surface area contributed by atoms with E-state index in [1.165, 1.54) is 45.0 Å². The Morgan fingerprint density at radius 2 is 1.04 bits per heavy atom.